The van der Waals surface area contributed by atoms with Gasteiger partial charge in [-0.1, -0.05) is 0 Å². The predicted octanol–water partition coefficient (Wildman–Crippen LogP) is 1.80. The first kappa shape index (κ1) is 13.1. The van der Waals surface area contributed by atoms with Crippen molar-refractivity contribution in [3.05, 3.63) is 12.4 Å². The summed E-state index contributed by atoms with van der Waals surface area (Å²) >= 11 is 0. The van der Waals surface area contributed by atoms with Crippen LogP contribution in [-0.2, 0) is 0 Å². The number of hydrogen-bond donors (Lipinski definition) is 2. The van der Waals surface area contributed by atoms with Crippen molar-refractivity contribution in [1.29, 1.82) is 0 Å². The van der Waals surface area contributed by atoms with E-state index in [0.717, 1.165) is 24.7 Å². The van der Waals surface area contributed by atoms with Gasteiger partial charge in [0, 0.05) is 19.1 Å². The fourth-order valence-corrected chi connectivity index (χ4v) is 2.35. The molecule has 1 atom stereocenters. The van der Waals surface area contributed by atoms with Crippen LogP contribution in [0.3, 0.4) is 0 Å². The van der Waals surface area contributed by atoms with Crippen LogP contribution in [0.5, 0.6) is 0 Å². The molecule has 1 fully saturated rings. The van der Waals surface area contributed by atoms with Gasteiger partial charge in [-0.25, -0.2) is 4.98 Å². The molecule has 5 heteroatoms. The summed E-state index contributed by atoms with van der Waals surface area (Å²) in [5.41, 5.74) is 0. The Morgan fingerprint density at radius 2 is 2.00 bits per heavy atom. The maximum atomic E-state index is 4.47. The zero-order chi connectivity index (χ0) is 12.8. The third kappa shape index (κ3) is 3.84. The van der Waals surface area contributed by atoms with E-state index in [4.69, 9.17) is 0 Å². The largest absolute Gasteiger partial charge is 0.369 e. The lowest BCUT2D eigenvalue weighted by atomic mass is 10.3. The van der Waals surface area contributed by atoms with Crippen molar-refractivity contribution in [3.63, 3.8) is 0 Å². The standard InChI is InChI=1S/C13H23N5/c1-3-15-12-8-14-9-13(17-12)16-11(2)10-18-6-4-5-7-18/h8-9,11H,3-7,10H2,1-2H3,(H2,15,16,17). The second-order valence-electron chi connectivity index (χ2n) is 4.87. The van der Waals surface area contributed by atoms with E-state index in [-0.39, 0.29) is 0 Å². The van der Waals surface area contributed by atoms with Crippen molar-refractivity contribution in [3.8, 4) is 0 Å². The lowest BCUT2D eigenvalue weighted by Gasteiger charge is -2.21. The summed E-state index contributed by atoms with van der Waals surface area (Å²) < 4.78 is 0. The van der Waals surface area contributed by atoms with Crippen molar-refractivity contribution in [2.24, 2.45) is 0 Å². The predicted molar refractivity (Wildman–Crippen MR) is 75.0 cm³/mol. The van der Waals surface area contributed by atoms with Crippen molar-refractivity contribution in [2.45, 2.75) is 32.7 Å². The zero-order valence-electron chi connectivity index (χ0n) is 11.3. The van der Waals surface area contributed by atoms with Gasteiger partial charge in [0.1, 0.15) is 11.6 Å². The molecule has 2 heterocycles. The summed E-state index contributed by atoms with van der Waals surface area (Å²) in [5, 5.41) is 6.58. The molecule has 1 aromatic heterocycles. The van der Waals surface area contributed by atoms with E-state index < -0.39 is 0 Å². The molecule has 5 nitrogen and oxygen atoms in total. The molecular formula is C13H23N5. The molecule has 1 aliphatic heterocycles. The van der Waals surface area contributed by atoms with E-state index in [9.17, 15) is 0 Å². The lowest BCUT2D eigenvalue weighted by Crippen LogP contribution is -2.33. The van der Waals surface area contributed by atoms with Gasteiger partial charge in [0.2, 0.25) is 0 Å². The first-order chi connectivity index (χ1) is 8.78. The van der Waals surface area contributed by atoms with Crippen LogP contribution >= 0.6 is 0 Å². The number of likely N-dealkylation sites (tertiary alicyclic amines) is 1. The molecule has 0 aromatic carbocycles. The van der Waals surface area contributed by atoms with E-state index in [0.29, 0.717) is 6.04 Å². The summed E-state index contributed by atoms with van der Waals surface area (Å²) in [6, 6.07) is 0.397. The highest BCUT2D eigenvalue weighted by molar-refractivity contribution is 5.41. The molecule has 0 aliphatic carbocycles. The van der Waals surface area contributed by atoms with Gasteiger partial charge < -0.3 is 15.5 Å². The Balaban J connectivity index is 1.85. The number of nitrogens with zero attached hydrogens (tertiary/aromatic N) is 3. The van der Waals surface area contributed by atoms with Gasteiger partial charge in [-0.2, -0.15) is 0 Å². The zero-order valence-corrected chi connectivity index (χ0v) is 11.3. The van der Waals surface area contributed by atoms with Gasteiger partial charge in [0.15, 0.2) is 0 Å². The molecule has 18 heavy (non-hydrogen) atoms. The molecule has 0 radical (unpaired) electrons. The molecule has 2 rings (SSSR count). The average molecular weight is 249 g/mol. The van der Waals surface area contributed by atoms with Crippen LogP contribution in [0.1, 0.15) is 26.7 Å². The van der Waals surface area contributed by atoms with Crippen LogP contribution in [-0.4, -0.2) is 47.1 Å². The number of aromatic nitrogens is 2. The SMILES string of the molecule is CCNc1cncc(NC(C)CN2CCCC2)n1. The van der Waals surface area contributed by atoms with Crippen molar-refractivity contribution < 1.29 is 0 Å². The Hall–Kier alpha value is -1.36. The quantitative estimate of drug-likeness (QED) is 0.805. The van der Waals surface area contributed by atoms with Crippen LogP contribution in [0, 0.1) is 0 Å². The Morgan fingerprint density at radius 1 is 1.28 bits per heavy atom. The molecule has 0 saturated carbocycles. The van der Waals surface area contributed by atoms with E-state index in [1.54, 1.807) is 12.4 Å². The van der Waals surface area contributed by atoms with Gasteiger partial charge >= 0.3 is 0 Å². The van der Waals surface area contributed by atoms with E-state index in [1.807, 2.05) is 0 Å². The third-order valence-corrected chi connectivity index (χ3v) is 3.12. The van der Waals surface area contributed by atoms with E-state index in [2.05, 4.69) is 39.3 Å². The molecule has 1 unspecified atom stereocenters. The van der Waals surface area contributed by atoms with Gasteiger partial charge in [0.25, 0.3) is 0 Å². The Kier molecular flexibility index (Phi) is 4.75. The van der Waals surface area contributed by atoms with Gasteiger partial charge in [0.05, 0.1) is 12.4 Å². The Labute approximate surface area is 109 Å². The maximum absolute atomic E-state index is 4.47. The first-order valence-corrected chi connectivity index (χ1v) is 6.82. The van der Waals surface area contributed by atoms with Crippen LogP contribution in [0.25, 0.3) is 0 Å². The molecular weight excluding hydrogens is 226 g/mol. The second-order valence-corrected chi connectivity index (χ2v) is 4.87. The minimum Gasteiger partial charge on any atom is -0.369 e. The van der Waals surface area contributed by atoms with Crippen LogP contribution in [0.15, 0.2) is 12.4 Å². The van der Waals surface area contributed by atoms with Gasteiger partial charge in [-0.3, -0.25) is 4.98 Å². The fourth-order valence-electron chi connectivity index (χ4n) is 2.35. The van der Waals surface area contributed by atoms with Gasteiger partial charge in [-0.15, -0.1) is 0 Å². The van der Waals surface area contributed by atoms with E-state index in [1.165, 1.54) is 25.9 Å². The highest BCUT2D eigenvalue weighted by atomic mass is 15.2. The Bertz CT molecular complexity index is 362. The molecule has 1 saturated heterocycles. The highest BCUT2D eigenvalue weighted by Crippen LogP contribution is 2.11. The van der Waals surface area contributed by atoms with Crippen LogP contribution in [0.2, 0.25) is 0 Å². The summed E-state index contributed by atoms with van der Waals surface area (Å²) in [6.45, 7) is 8.65. The minimum absolute atomic E-state index is 0.397. The molecule has 2 N–H and O–H groups in total. The molecule has 100 valence electrons. The maximum Gasteiger partial charge on any atom is 0.147 e. The number of nitrogens with one attached hydrogen (secondary N) is 2. The second kappa shape index (κ2) is 6.54. The summed E-state index contributed by atoms with van der Waals surface area (Å²) in [5.74, 6) is 1.68. The number of rotatable bonds is 6. The Morgan fingerprint density at radius 3 is 2.72 bits per heavy atom. The first-order valence-electron chi connectivity index (χ1n) is 6.82. The number of hydrogen-bond acceptors (Lipinski definition) is 5. The molecule has 1 aromatic rings. The van der Waals surface area contributed by atoms with Crippen molar-refractivity contribution >= 4 is 11.6 Å². The topological polar surface area (TPSA) is 53.1 Å². The highest BCUT2D eigenvalue weighted by Gasteiger charge is 2.14. The van der Waals surface area contributed by atoms with E-state index >= 15 is 0 Å². The monoisotopic (exact) mass is 249 g/mol. The normalized spacial score (nSPS) is 17.7. The molecule has 0 spiro atoms. The summed E-state index contributed by atoms with van der Waals surface area (Å²) in [6.07, 6.45) is 6.20. The molecule has 1 aliphatic rings. The smallest absolute Gasteiger partial charge is 0.147 e. The molecule has 0 amide bonds. The molecule has 0 bridgehead atoms. The third-order valence-electron chi connectivity index (χ3n) is 3.12. The minimum atomic E-state index is 0.397. The summed E-state index contributed by atoms with van der Waals surface area (Å²) in [4.78, 5) is 11.2. The summed E-state index contributed by atoms with van der Waals surface area (Å²) in [7, 11) is 0. The van der Waals surface area contributed by atoms with Gasteiger partial charge in [-0.05, 0) is 39.8 Å². The average Bonchev–Trinajstić information content (AvgIpc) is 2.82. The van der Waals surface area contributed by atoms with Crippen LogP contribution < -0.4 is 10.6 Å². The lowest BCUT2D eigenvalue weighted by molar-refractivity contribution is 0.327. The fraction of sp³-hybridized carbons (Fsp3) is 0.692. The van der Waals surface area contributed by atoms with Crippen molar-refractivity contribution in [1.82, 2.24) is 14.9 Å². The van der Waals surface area contributed by atoms with Crippen LogP contribution in [0.4, 0.5) is 11.6 Å². The van der Waals surface area contributed by atoms with Crippen molar-refractivity contribution in [2.75, 3.05) is 36.8 Å². The number of anilines is 2.